The van der Waals surface area contributed by atoms with E-state index in [0.29, 0.717) is 29.7 Å². The Morgan fingerprint density at radius 3 is 2.96 bits per heavy atom. The first kappa shape index (κ1) is 16.4. The van der Waals surface area contributed by atoms with Crippen molar-refractivity contribution in [3.63, 3.8) is 0 Å². The molecule has 0 aliphatic rings. The van der Waals surface area contributed by atoms with Gasteiger partial charge in [0.05, 0.1) is 17.2 Å². The standard InChI is InChI=1S/C15H17N5O3/c1-10(16)4-5-17-6-7-20-9-18-13-3-2-11(14(21)19-23)8-12(13)15(20)22/h2-5,8-9,16-17,23H,6-7H2,1H3,(H,19,21)/b5-4-,16-10?. The molecule has 8 nitrogen and oxygen atoms in total. The minimum absolute atomic E-state index is 0.180. The van der Waals surface area contributed by atoms with E-state index < -0.39 is 5.91 Å². The monoisotopic (exact) mass is 315 g/mol. The summed E-state index contributed by atoms with van der Waals surface area (Å²) in [7, 11) is 0. The summed E-state index contributed by atoms with van der Waals surface area (Å²) in [6.07, 6.45) is 4.70. The fourth-order valence-electron chi connectivity index (χ4n) is 1.98. The van der Waals surface area contributed by atoms with Crippen molar-refractivity contribution < 1.29 is 10.0 Å². The third-order valence-electron chi connectivity index (χ3n) is 3.14. The average Bonchev–Trinajstić information content (AvgIpc) is 2.55. The SMILES string of the molecule is CC(=N)/C=C\NCCn1cnc2ccc(C(=O)NO)cc2c1=O. The molecule has 2 rings (SSSR count). The first-order chi connectivity index (χ1) is 11.0. The quantitative estimate of drug-likeness (QED) is 0.270. The molecule has 1 heterocycles. The van der Waals surface area contributed by atoms with Crippen LogP contribution < -0.4 is 16.4 Å². The molecule has 1 amide bonds. The van der Waals surface area contributed by atoms with Crippen LogP contribution in [0.25, 0.3) is 10.9 Å². The average molecular weight is 315 g/mol. The second-order valence-electron chi connectivity index (χ2n) is 4.89. The zero-order valence-electron chi connectivity index (χ0n) is 12.5. The molecule has 8 heteroatoms. The summed E-state index contributed by atoms with van der Waals surface area (Å²) in [5.41, 5.74) is 2.35. The number of amides is 1. The number of fused-ring (bicyclic) bond motifs is 1. The van der Waals surface area contributed by atoms with Gasteiger partial charge in [-0.15, -0.1) is 0 Å². The second kappa shape index (κ2) is 7.32. The van der Waals surface area contributed by atoms with Gasteiger partial charge in [0.15, 0.2) is 0 Å². The predicted molar refractivity (Wildman–Crippen MR) is 85.8 cm³/mol. The number of rotatable bonds is 6. The van der Waals surface area contributed by atoms with Gasteiger partial charge in [0, 0.05) is 24.4 Å². The maximum Gasteiger partial charge on any atom is 0.274 e. The van der Waals surface area contributed by atoms with Gasteiger partial charge in [-0.3, -0.25) is 19.4 Å². The van der Waals surface area contributed by atoms with Gasteiger partial charge in [-0.1, -0.05) is 0 Å². The van der Waals surface area contributed by atoms with Crippen molar-refractivity contribution in [1.82, 2.24) is 20.3 Å². The number of carbonyl (C=O) groups excluding carboxylic acids is 1. The maximum atomic E-state index is 12.4. The largest absolute Gasteiger partial charge is 0.389 e. The minimum atomic E-state index is -0.685. The molecule has 0 saturated carbocycles. The molecule has 0 fully saturated rings. The molecule has 4 N–H and O–H groups in total. The van der Waals surface area contributed by atoms with E-state index in [0.717, 1.165) is 0 Å². The van der Waals surface area contributed by atoms with Crippen LogP contribution in [0.15, 0.2) is 41.6 Å². The van der Waals surface area contributed by atoms with Crippen molar-refractivity contribution in [1.29, 1.82) is 5.41 Å². The molecular formula is C15H17N5O3. The van der Waals surface area contributed by atoms with Crippen LogP contribution in [-0.4, -0.2) is 32.9 Å². The lowest BCUT2D eigenvalue weighted by atomic mass is 10.1. The fraction of sp³-hybridized carbons (Fsp3) is 0.200. The van der Waals surface area contributed by atoms with Crippen LogP contribution in [0.4, 0.5) is 0 Å². The highest BCUT2D eigenvalue weighted by atomic mass is 16.5. The molecule has 0 unspecified atom stereocenters. The van der Waals surface area contributed by atoms with Gasteiger partial charge < -0.3 is 10.7 Å². The van der Waals surface area contributed by atoms with E-state index in [-0.39, 0.29) is 11.1 Å². The third-order valence-corrected chi connectivity index (χ3v) is 3.14. The summed E-state index contributed by atoms with van der Waals surface area (Å²) in [5.74, 6) is -0.685. The number of allylic oxidation sites excluding steroid dienone is 1. The van der Waals surface area contributed by atoms with E-state index in [1.54, 1.807) is 25.3 Å². The molecule has 0 atom stereocenters. The van der Waals surface area contributed by atoms with Gasteiger partial charge in [-0.2, -0.15) is 0 Å². The van der Waals surface area contributed by atoms with Crippen molar-refractivity contribution in [3.05, 3.63) is 52.7 Å². The molecule has 120 valence electrons. The fourth-order valence-corrected chi connectivity index (χ4v) is 1.98. The topological polar surface area (TPSA) is 120 Å². The zero-order chi connectivity index (χ0) is 16.8. The van der Waals surface area contributed by atoms with Gasteiger partial charge in [-0.25, -0.2) is 10.5 Å². The molecule has 0 radical (unpaired) electrons. The summed E-state index contributed by atoms with van der Waals surface area (Å²) in [6.45, 7) is 2.54. The smallest absolute Gasteiger partial charge is 0.274 e. The lowest BCUT2D eigenvalue weighted by Gasteiger charge is -2.07. The Balaban J connectivity index is 2.21. The Hall–Kier alpha value is -3.00. The number of hydrogen-bond donors (Lipinski definition) is 4. The van der Waals surface area contributed by atoms with E-state index in [9.17, 15) is 9.59 Å². The van der Waals surface area contributed by atoms with Crippen molar-refractivity contribution in [2.45, 2.75) is 13.5 Å². The molecular weight excluding hydrogens is 298 g/mol. The van der Waals surface area contributed by atoms with Gasteiger partial charge in [0.25, 0.3) is 11.5 Å². The predicted octanol–water partition coefficient (Wildman–Crippen LogP) is 0.658. The van der Waals surface area contributed by atoms with Crippen molar-refractivity contribution >= 4 is 22.5 Å². The van der Waals surface area contributed by atoms with E-state index in [4.69, 9.17) is 10.6 Å². The summed E-state index contributed by atoms with van der Waals surface area (Å²) in [5, 5.41) is 19.2. The third kappa shape index (κ3) is 4.01. The van der Waals surface area contributed by atoms with E-state index in [2.05, 4.69) is 10.3 Å². The van der Waals surface area contributed by atoms with Gasteiger partial charge in [0.2, 0.25) is 0 Å². The van der Waals surface area contributed by atoms with Crippen LogP contribution in [0.3, 0.4) is 0 Å². The second-order valence-corrected chi connectivity index (χ2v) is 4.89. The molecule has 0 aliphatic carbocycles. The lowest BCUT2D eigenvalue weighted by Crippen LogP contribution is -2.26. The summed E-state index contributed by atoms with van der Waals surface area (Å²) in [4.78, 5) is 28.0. The highest BCUT2D eigenvalue weighted by Gasteiger charge is 2.09. The summed E-state index contributed by atoms with van der Waals surface area (Å²) >= 11 is 0. The molecule has 0 aliphatic heterocycles. The number of nitrogens with one attached hydrogen (secondary N) is 3. The lowest BCUT2D eigenvalue weighted by molar-refractivity contribution is 0.0706. The number of hydroxylamine groups is 1. The Morgan fingerprint density at radius 1 is 1.48 bits per heavy atom. The molecule has 1 aromatic carbocycles. The summed E-state index contributed by atoms with van der Waals surface area (Å²) in [6, 6.07) is 4.44. The van der Waals surface area contributed by atoms with Crippen LogP contribution in [-0.2, 0) is 6.54 Å². The van der Waals surface area contributed by atoms with Crippen molar-refractivity contribution in [2.24, 2.45) is 0 Å². The summed E-state index contributed by atoms with van der Waals surface area (Å²) < 4.78 is 1.43. The molecule has 23 heavy (non-hydrogen) atoms. The van der Waals surface area contributed by atoms with Gasteiger partial charge in [0.1, 0.15) is 0 Å². The molecule has 0 bridgehead atoms. The van der Waals surface area contributed by atoms with Crippen LogP contribution in [0, 0.1) is 5.41 Å². The van der Waals surface area contributed by atoms with E-state index in [1.807, 2.05) is 0 Å². The van der Waals surface area contributed by atoms with Crippen LogP contribution in [0.2, 0.25) is 0 Å². The first-order valence-electron chi connectivity index (χ1n) is 6.91. The number of nitrogens with zero attached hydrogens (tertiary/aromatic N) is 2. The normalized spacial score (nSPS) is 10.9. The number of carbonyl (C=O) groups is 1. The Morgan fingerprint density at radius 2 is 2.26 bits per heavy atom. The number of hydrogen-bond acceptors (Lipinski definition) is 6. The van der Waals surface area contributed by atoms with E-state index >= 15 is 0 Å². The Labute approximate surface area is 131 Å². The minimum Gasteiger partial charge on any atom is -0.389 e. The van der Waals surface area contributed by atoms with E-state index in [1.165, 1.54) is 28.5 Å². The molecule has 0 saturated heterocycles. The highest BCUT2D eigenvalue weighted by Crippen LogP contribution is 2.09. The number of benzene rings is 1. The maximum absolute atomic E-state index is 12.4. The van der Waals surface area contributed by atoms with Gasteiger partial charge >= 0.3 is 0 Å². The number of aromatic nitrogens is 2. The van der Waals surface area contributed by atoms with Crippen LogP contribution in [0.1, 0.15) is 17.3 Å². The van der Waals surface area contributed by atoms with Crippen molar-refractivity contribution in [3.8, 4) is 0 Å². The van der Waals surface area contributed by atoms with Crippen LogP contribution >= 0.6 is 0 Å². The highest BCUT2D eigenvalue weighted by molar-refractivity contribution is 5.97. The zero-order valence-corrected chi connectivity index (χ0v) is 12.5. The molecule has 0 spiro atoms. The first-order valence-corrected chi connectivity index (χ1v) is 6.91. The molecule has 1 aromatic heterocycles. The van der Waals surface area contributed by atoms with Gasteiger partial charge in [-0.05, 0) is 37.4 Å². The Bertz CT molecular complexity index is 825. The molecule has 2 aromatic rings. The Kier molecular flexibility index (Phi) is 5.21. The van der Waals surface area contributed by atoms with Crippen molar-refractivity contribution in [2.75, 3.05) is 6.54 Å². The van der Waals surface area contributed by atoms with Crippen LogP contribution in [0.5, 0.6) is 0 Å².